The number of carbonyl (C=O) groups excluding carboxylic acids is 2. The predicted octanol–water partition coefficient (Wildman–Crippen LogP) is 2.75. The number of hydrogen-bond donors (Lipinski definition) is 0. The van der Waals surface area contributed by atoms with E-state index in [-0.39, 0.29) is 24.0 Å². The Hall–Kier alpha value is -1.99. The van der Waals surface area contributed by atoms with Crippen LogP contribution in [0.15, 0.2) is 18.2 Å². The summed E-state index contributed by atoms with van der Waals surface area (Å²) in [6.07, 6.45) is 1.30. The Morgan fingerprint density at radius 1 is 1.20 bits per heavy atom. The first-order valence-electron chi connectivity index (χ1n) is 8.40. The maximum Gasteiger partial charge on any atom is 0.245 e. The van der Waals surface area contributed by atoms with Crippen molar-refractivity contribution in [3.8, 4) is 5.75 Å². The van der Waals surface area contributed by atoms with Gasteiger partial charge >= 0.3 is 0 Å². The van der Waals surface area contributed by atoms with Gasteiger partial charge in [0.2, 0.25) is 11.8 Å². The van der Waals surface area contributed by atoms with Crippen LogP contribution in [0, 0.1) is 10.8 Å². The molecule has 25 heavy (non-hydrogen) atoms. The summed E-state index contributed by atoms with van der Waals surface area (Å²) in [5, 5.41) is 0.439. The molecule has 3 aliphatic rings. The molecule has 7 heteroatoms. The third-order valence-electron chi connectivity index (χ3n) is 6.46. The third kappa shape index (κ3) is 1.57. The molecule has 1 aromatic heterocycles. The lowest BCUT2D eigenvalue weighted by Gasteiger charge is -2.36. The number of anilines is 1. The predicted molar refractivity (Wildman–Crippen MR) is 92.8 cm³/mol. The van der Waals surface area contributed by atoms with E-state index in [0.29, 0.717) is 5.13 Å². The summed E-state index contributed by atoms with van der Waals surface area (Å²) in [6.45, 7) is 3.76. The molecule has 1 aromatic carbocycles. The first-order chi connectivity index (χ1) is 11.9. The fourth-order valence-electron chi connectivity index (χ4n) is 4.72. The lowest BCUT2D eigenvalue weighted by Crippen LogP contribution is -2.48. The summed E-state index contributed by atoms with van der Waals surface area (Å²) in [5.74, 6) is 0.362. The van der Waals surface area contributed by atoms with E-state index in [2.05, 4.69) is 4.98 Å². The zero-order valence-corrected chi connectivity index (χ0v) is 15.1. The van der Waals surface area contributed by atoms with Crippen LogP contribution >= 0.6 is 11.3 Å². The Morgan fingerprint density at radius 3 is 2.44 bits per heavy atom. The molecule has 0 aliphatic carbocycles. The first-order valence-corrected chi connectivity index (χ1v) is 9.22. The van der Waals surface area contributed by atoms with Crippen LogP contribution in [0.5, 0.6) is 5.75 Å². The van der Waals surface area contributed by atoms with E-state index < -0.39 is 10.8 Å². The van der Waals surface area contributed by atoms with Gasteiger partial charge in [0, 0.05) is 0 Å². The van der Waals surface area contributed by atoms with Crippen molar-refractivity contribution in [2.24, 2.45) is 10.8 Å². The molecule has 4 heterocycles. The molecule has 4 atom stereocenters. The van der Waals surface area contributed by atoms with Gasteiger partial charge in [0.25, 0.3) is 0 Å². The van der Waals surface area contributed by atoms with Gasteiger partial charge in [-0.2, -0.15) is 0 Å². The van der Waals surface area contributed by atoms with Crippen LogP contribution in [-0.2, 0) is 14.3 Å². The minimum Gasteiger partial charge on any atom is -0.497 e. The van der Waals surface area contributed by atoms with Gasteiger partial charge in [-0.3, -0.25) is 9.59 Å². The molecular formula is C18H18N2O4S. The summed E-state index contributed by atoms with van der Waals surface area (Å²) >= 11 is 1.34. The van der Waals surface area contributed by atoms with E-state index in [1.165, 1.54) is 16.2 Å². The van der Waals surface area contributed by atoms with Crippen LogP contribution in [0.3, 0.4) is 0 Å². The smallest absolute Gasteiger partial charge is 0.245 e. The molecule has 3 fully saturated rings. The lowest BCUT2D eigenvalue weighted by atomic mass is 9.59. The van der Waals surface area contributed by atoms with Crippen LogP contribution in [0.2, 0.25) is 0 Å². The molecule has 0 unspecified atom stereocenters. The summed E-state index contributed by atoms with van der Waals surface area (Å²) in [7, 11) is 1.61. The zero-order valence-electron chi connectivity index (χ0n) is 14.2. The molecule has 130 valence electrons. The van der Waals surface area contributed by atoms with Crippen molar-refractivity contribution in [1.82, 2.24) is 4.98 Å². The average molecular weight is 358 g/mol. The number of hydrogen-bond acceptors (Lipinski definition) is 6. The van der Waals surface area contributed by atoms with Gasteiger partial charge in [0.15, 0.2) is 5.13 Å². The minimum atomic E-state index is -0.803. The number of rotatable bonds is 2. The monoisotopic (exact) mass is 358 g/mol. The second-order valence-electron chi connectivity index (χ2n) is 7.37. The molecule has 0 saturated carbocycles. The van der Waals surface area contributed by atoms with Crippen LogP contribution in [0.25, 0.3) is 10.2 Å². The number of benzene rings is 1. The van der Waals surface area contributed by atoms with Gasteiger partial charge in [-0.1, -0.05) is 11.3 Å². The molecule has 2 amide bonds. The van der Waals surface area contributed by atoms with Crippen molar-refractivity contribution in [2.45, 2.75) is 38.9 Å². The molecule has 0 spiro atoms. The van der Waals surface area contributed by atoms with Crippen molar-refractivity contribution >= 4 is 38.5 Å². The molecule has 2 aromatic rings. The first kappa shape index (κ1) is 15.3. The lowest BCUT2D eigenvalue weighted by molar-refractivity contribution is -0.132. The number of thiazole rings is 1. The Balaban J connectivity index is 1.64. The summed E-state index contributed by atoms with van der Waals surface area (Å²) < 4.78 is 12.1. The Morgan fingerprint density at radius 2 is 1.84 bits per heavy atom. The molecule has 0 N–H and O–H groups in total. The summed E-state index contributed by atoms with van der Waals surface area (Å²) in [6, 6.07) is 5.54. The number of ether oxygens (including phenoxy) is 2. The highest BCUT2D eigenvalue weighted by Gasteiger charge is 2.77. The fourth-order valence-corrected chi connectivity index (χ4v) is 5.71. The second kappa shape index (κ2) is 4.59. The molecule has 3 aliphatic heterocycles. The van der Waals surface area contributed by atoms with Crippen molar-refractivity contribution < 1.29 is 19.1 Å². The highest BCUT2D eigenvalue weighted by molar-refractivity contribution is 7.22. The number of methoxy groups -OCH3 is 1. The van der Waals surface area contributed by atoms with Gasteiger partial charge in [-0.15, -0.1) is 0 Å². The van der Waals surface area contributed by atoms with E-state index in [1.807, 2.05) is 32.0 Å². The van der Waals surface area contributed by atoms with E-state index in [0.717, 1.165) is 28.8 Å². The van der Waals surface area contributed by atoms with Gasteiger partial charge in [-0.25, -0.2) is 9.88 Å². The maximum atomic E-state index is 13.3. The molecule has 5 rings (SSSR count). The van der Waals surface area contributed by atoms with E-state index >= 15 is 0 Å². The fraction of sp³-hybridized carbons (Fsp3) is 0.500. The number of amides is 2. The Labute approximate surface area is 148 Å². The maximum absolute atomic E-state index is 13.3. The van der Waals surface area contributed by atoms with E-state index in [9.17, 15) is 9.59 Å². The molecule has 0 radical (unpaired) electrons. The van der Waals surface area contributed by atoms with Crippen molar-refractivity contribution in [3.05, 3.63) is 18.2 Å². The van der Waals surface area contributed by atoms with Gasteiger partial charge in [-0.05, 0) is 44.9 Å². The van der Waals surface area contributed by atoms with Gasteiger partial charge in [0.05, 0.1) is 40.4 Å². The minimum absolute atomic E-state index is 0.182. The third-order valence-corrected chi connectivity index (χ3v) is 7.46. The molecular weight excluding hydrogens is 340 g/mol. The van der Waals surface area contributed by atoms with Crippen molar-refractivity contribution in [2.75, 3.05) is 12.0 Å². The van der Waals surface area contributed by atoms with Crippen molar-refractivity contribution in [1.29, 1.82) is 0 Å². The van der Waals surface area contributed by atoms with Crippen LogP contribution in [-0.4, -0.2) is 36.1 Å². The van der Waals surface area contributed by atoms with E-state index in [4.69, 9.17) is 9.47 Å². The average Bonchev–Trinajstić information content (AvgIpc) is 3.32. The largest absolute Gasteiger partial charge is 0.497 e. The molecule has 6 nitrogen and oxygen atoms in total. The topological polar surface area (TPSA) is 68.7 Å². The number of imide groups is 1. The summed E-state index contributed by atoms with van der Waals surface area (Å²) in [4.78, 5) is 32.4. The standard InChI is InChI=1S/C18H18N2O4S/c1-17-12-6-7-13(24-12)18(17,2)15(22)20(14(17)21)16-19-10-5-4-9(23-3)8-11(10)25-16/h4-5,8,12-13H,6-7H2,1-3H3/t12-,13+,17-,18+. The number of aromatic nitrogens is 1. The van der Waals surface area contributed by atoms with Gasteiger partial charge in [0.1, 0.15) is 5.75 Å². The number of carbonyl (C=O) groups is 2. The number of fused-ring (bicyclic) bond motifs is 6. The van der Waals surface area contributed by atoms with E-state index in [1.54, 1.807) is 7.11 Å². The molecule has 3 saturated heterocycles. The second-order valence-corrected chi connectivity index (χ2v) is 8.38. The van der Waals surface area contributed by atoms with Crippen molar-refractivity contribution in [3.63, 3.8) is 0 Å². The Kier molecular flexibility index (Phi) is 2.81. The normalized spacial score (nSPS) is 36.5. The van der Waals surface area contributed by atoms with Crippen LogP contribution in [0.4, 0.5) is 5.13 Å². The molecule has 2 bridgehead atoms. The summed E-state index contributed by atoms with van der Waals surface area (Å²) in [5.41, 5.74) is -0.849. The highest BCUT2D eigenvalue weighted by atomic mass is 32.1. The van der Waals surface area contributed by atoms with Gasteiger partial charge < -0.3 is 9.47 Å². The zero-order chi connectivity index (χ0) is 17.6. The quantitative estimate of drug-likeness (QED) is 0.772. The van der Waals surface area contributed by atoms with Crippen LogP contribution < -0.4 is 9.64 Å². The number of nitrogens with zero attached hydrogens (tertiary/aromatic N) is 2. The highest BCUT2D eigenvalue weighted by Crippen LogP contribution is 2.64. The Bertz CT molecular complexity index is 906. The van der Waals surface area contributed by atoms with Crippen LogP contribution in [0.1, 0.15) is 26.7 Å². The SMILES string of the molecule is COc1ccc2nc(N3C(=O)[C@@]4(C)[C@H]5CC[C@H](O5)[C@@]4(C)C3=O)sc2c1.